The lowest BCUT2D eigenvalue weighted by atomic mass is 9.96. The predicted octanol–water partition coefficient (Wildman–Crippen LogP) is 2.22. The molecule has 1 aliphatic rings. The van der Waals surface area contributed by atoms with Gasteiger partial charge in [-0.05, 0) is 40.2 Å². The maximum absolute atomic E-state index is 13.4. The van der Waals surface area contributed by atoms with E-state index in [-0.39, 0.29) is 0 Å². The topological polar surface area (TPSA) is 3.24 Å². The van der Waals surface area contributed by atoms with Crippen LogP contribution in [0.15, 0.2) is 0 Å². The second kappa shape index (κ2) is 3.10. The van der Waals surface area contributed by atoms with Crippen molar-refractivity contribution in [2.24, 2.45) is 0 Å². The third-order valence-corrected chi connectivity index (χ3v) is 2.41. The van der Waals surface area contributed by atoms with Crippen LogP contribution in [0.4, 0.5) is 4.39 Å². The third-order valence-electron chi connectivity index (χ3n) is 2.41. The fraction of sp³-hybridized carbons (Fsp3) is 1.00. The molecule has 0 spiro atoms. The van der Waals surface area contributed by atoms with Crippen molar-refractivity contribution in [1.29, 1.82) is 0 Å². The molecule has 66 valence electrons. The number of hydrogen-bond donors (Lipinski definition) is 0. The molecule has 1 fully saturated rings. The predicted molar refractivity (Wildman–Crippen MR) is 45.5 cm³/mol. The minimum absolute atomic E-state index is 0.491. The van der Waals surface area contributed by atoms with E-state index >= 15 is 0 Å². The Morgan fingerprint density at radius 2 is 2.09 bits per heavy atom. The first-order chi connectivity index (χ1) is 5.01. The highest BCUT2D eigenvalue weighted by atomic mass is 19.1. The Labute approximate surface area is 68.6 Å². The standard InChI is InChI=1S/C9H18FN/c1-8(2)11-6-4-5-9(3,10)7-11/h8H,4-7H2,1-3H3/t9-/m1/s1. The molecule has 0 amide bonds. The van der Waals surface area contributed by atoms with Gasteiger partial charge >= 0.3 is 0 Å². The molecule has 1 aliphatic heterocycles. The molecule has 0 bridgehead atoms. The van der Waals surface area contributed by atoms with Crippen LogP contribution in [0.3, 0.4) is 0 Å². The molecule has 2 heteroatoms. The van der Waals surface area contributed by atoms with Crippen LogP contribution in [0, 0.1) is 0 Å². The molecular weight excluding hydrogens is 141 g/mol. The van der Waals surface area contributed by atoms with E-state index < -0.39 is 5.67 Å². The van der Waals surface area contributed by atoms with E-state index in [0.29, 0.717) is 12.6 Å². The molecule has 1 nitrogen and oxygen atoms in total. The normalized spacial score (nSPS) is 34.6. The van der Waals surface area contributed by atoms with Crippen LogP contribution in [0.2, 0.25) is 0 Å². The van der Waals surface area contributed by atoms with Gasteiger partial charge in [0.15, 0.2) is 0 Å². The van der Waals surface area contributed by atoms with Crippen molar-refractivity contribution < 1.29 is 4.39 Å². The van der Waals surface area contributed by atoms with Gasteiger partial charge in [-0.3, -0.25) is 4.90 Å². The monoisotopic (exact) mass is 159 g/mol. The van der Waals surface area contributed by atoms with Crippen molar-refractivity contribution in [1.82, 2.24) is 4.90 Å². The van der Waals surface area contributed by atoms with Gasteiger partial charge in [0.25, 0.3) is 0 Å². The molecule has 0 aromatic rings. The molecular formula is C9H18FN. The summed E-state index contributed by atoms with van der Waals surface area (Å²) in [4.78, 5) is 2.21. The first-order valence-corrected chi connectivity index (χ1v) is 4.44. The van der Waals surface area contributed by atoms with Crippen LogP contribution < -0.4 is 0 Å². The molecule has 1 atom stereocenters. The van der Waals surface area contributed by atoms with Gasteiger partial charge in [-0.2, -0.15) is 0 Å². The average molecular weight is 159 g/mol. The number of alkyl halides is 1. The summed E-state index contributed by atoms with van der Waals surface area (Å²) in [5.41, 5.74) is -0.942. The Morgan fingerprint density at radius 3 is 2.45 bits per heavy atom. The Hall–Kier alpha value is -0.110. The number of likely N-dealkylation sites (tertiary alicyclic amines) is 1. The largest absolute Gasteiger partial charge is 0.298 e. The van der Waals surface area contributed by atoms with Gasteiger partial charge in [0.05, 0.1) is 0 Å². The fourth-order valence-electron chi connectivity index (χ4n) is 1.67. The number of piperidine rings is 1. The lowest BCUT2D eigenvalue weighted by Gasteiger charge is -2.37. The summed E-state index contributed by atoms with van der Waals surface area (Å²) in [6.45, 7) is 7.65. The van der Waals surface area contributed by atoms with Gasteiger partial charge < -0.3 is 0 Å². The molecule has 0 aromatic carbocycles. The van der Waals surface area contributed by atoms with E-state index in [4.69, 9.17) is 0 Å². The second-order valence-corrected chi connectivity index (χ2v) is 4.08. The van der Waals surface area contributed by atoms with E-state index in [9.17, 15) is 4.39 Å². The molecule has 0 N–H and O–H groups in total. The zero-order valence-electron chi connectivity index (χ0n) is 7.73. The van der Waals surface area contributed by atoms with Gasteiger partial charge in [0.1, 0.15) is 5.67 Å². The van der Waals surface area contributed by atoms with Crippen LogP contribution in [-0.2, 0) is 0 Å². The Bertz CT molecular complexity index is 132. The minimum atomic E-state index is -0.942. The van der Waals surface area contributed by atoms with Crippen LogP contribution in [0.1, 0.15) is 33.6 Å². The van der Waals surface area contributed by atoms with Gasteiger partial charge in [-0.25, -0.2) is 4.39 Å². The highest BCUT2D eigenvalue weighted by Crippen LogP contribution is 2.25. The van der Waals surface area contributed by atoms with Crippen molar-refractivity contribution in [3.05, 3.63) is 0 Å². The van der Waals surface area contributed by atoms with Crippen molar-refractivity contribution >= 4 is 0 Å². The van der Waals surface area contributed by atoms with Crippen molar-refractivity contribution in [3.63, 3.8) is 0 Å². The molecule has 0 radical (unpaired) electrons. The fourth-order valence-corrected chi connectivity index (χ4v) is 1.67. The number of nitrogens with zero attached hydrogens (tertiary/aromatic N) is 1. The summed E-state index contributed by atoms with van der Waals surface area (Å²) in [6.07, 6.45) is 1.74. The molecule has 1 saturated heterocycles. The van der Waals surface area contributed by atoms with Crippen LogP contribution >= 0.6 is 0 Å². The first-order valence-electron chi connectivity index (χ1n) is 4.44. The lowest BCUT2D eigenvalue weighted by Crippen LogP contribution is -2.46. The van der Waals surface area contributed by atoms with E-state index in [1.165, 1.54) is 0 Å². The number of hydrogen-bond acceptors (Lipinski definition) is 1. The Morgan fingerprint density at radius 1 is 1.45 bits per heavy atom. The summed E-state index contributed by atoms with van der Waals surface area (Å²) in [5.74, 6) is 0. The van der Waals surface area contributed by atoms with Crippen molar-refractivity contribution in [3.8, 4) is 0 Å². The van der Waals surface area contributed by atoms with Gasteiger partial charge in [0.2, 0.25) is 0 Å². The van der Waals surface area contributed by atoms with E-state index in [2.05, 4.69) is 18.7 Å². The SMILES string of the molecule is CC(C)N1CCC[C@@](C)(F)C1. The number of rotatable bonds is 1. The molecule has 0 saturated carbocycles. The van der Waals surface area contributed by atoms with Crippen molar-refractivity contribution in [2.75, 3.05) is 13.1 Å². The lowest BCUT2D eigenvalue weighted by molar-refractivity contribution is 0.0435. The van der Waals surface area contributed by atoms with E-state index in [1.807, 2.05) is 0 Å². The Kier molecular flexibility index (Phi) is 2.53. The zero-order valence-corrected chi connectivity index (χ0v) is 7.73. The molecule has 0 aliphatic carbocycles. The van der Waals surface area contributed by atoms with Crippen molar-refractivity contribution in [2.45, 2.75) is 45.3 Å². The van der Waals surface area contributed by atoms with Crippen LogP contribution in [-0.4, -0.2) is 29.7 Å². The first kappa shape index (κ1) is 8.98. The summed E-state index contributed by atoms with van der Waals surface area (Å²) >= 11 is 0. The highest BCUT2D eigenvalue weighted by Gasteiger charge is 2.31. The van der Waals surface area contributed by atoms with Crippen LogP contribution in [0.25, 0.3) is 0 Å². The maximum Gasteiger partial charge on any atom is 0.120 e. The van der Waals surface area contributed by atoms with E-state index in [0.717, 1.165) is 19.4 Å². The zero-order chi connectivity index (χ0) is 8.48. The van der Waals surface area contributed by atoms with Gasteiger partial charge in [-0.1, -0.05) is 0 Å². The number of halogens is 1. The summed E-state index contributed by atoms with van der Waals surface area (Å²) in [5, 5.41) is 0. The molecule has 0 aromatic heterocycles. The van der Waals surface area contributed by atoms with Crippen LogP contribution in [0.5, 0.6) is 0 Å². The van der Waals surface area contributed by atoms with E-state index in [1.54, 1.807) is 6.92 Å². The quantitative estimate of drug-likeness (QED) is 0.567. The average Bonchev–Trinajstić information content (AvgIpc) is 1.85. The minimum Gasteiger partial charge on any atom is -0.298 e. The summed E-state index contributed by atoms with van der Waals surface area (Å²) in [7, 11) is 0. The third kappa shape index (κ3) is 2.44. The molecule has 11 heavy (non-hydrogen) atoms. The van der Waals surface area contributed by atoms with Gasteiger partial charge in [0, 0.05) is 12.6 Å². The highest BCUT2D eigenvalue weighted by molar-refractivity contribution is 4.84. The maximum atomic E-state index is 13.4. The molecule has 0 unspecified atom stereocenters. The smallest absolute Gasteiger partial charge is 0.120 e. The Balaban J connectivity index is 2.46. The molecule has 1 heterocycles. The molecule has 1 rings (SSSR count). The summed E-state index contributed by atoms with van der Waals surface area (Å²) in [6, 6.07) is 0.491. The second-order valence-electron chi connectivity index (χ2n) is 4.08. The van der Waals surface area contributed by atoms with Gasteiger partial charge in [-0.15, -0.1) is 0 Å². The summed E-state index contributed by atoms with van der Waals surface area (Å²) < 4.78 is 13.4.